The first-order chi connectivity index (χ1) is 8.15. The Morgan fingerprint density at radius 1 is 1.47 bits per heavy atom. The molecule has 90 valence electrons. The number of hydrogen-bond donors (Lipinski definition) is 2. The molecular formula is C13H15ClN2O. The molecule has 17 heavy (non-hydrogen) atoms. The molecule has 0 bridgehead atoms. The summed E-state index contributed by atoms with van der Waals surface area (Å²) in [6.07, 6.45) is 1.20. The van der Waals surface area contributed by atoms with E-state index < -0.39 is 6.23 Å². The highest BCUT2D eigenvalue weighted by Crippen LogP contribution is 2.28. The van der Waals surface area contributed by atoms with Crippen molar-refractivity contribution in [3.8, 4) is 0 Å². The molecule has 0 amide bonds. The van der Waals surface area contributed by atoms with Crippen molar-refractivity contribution in [3.05, 3.63) is 34.5 Å². The van der Waals surface area contributed by atoms with Crippen molar-refractivity contribution in [2.45, 2.75) is 19.1 Å². The lowest BCUT2D eigenvalue weighted by molar-refractivity contribution is 0.0268. The van der Waals surface area contributed by atoms with Gasteiger partial charge in [-0.2, -0.15) is 0 Å². The molecule has 1 atom stereocenters. The van der Waals surface area contributed by atoms with E-state index in [0.717, 1.165) is 29.2 Å². The molecule has 0 saturated heterocycles. The number of fused-ring (bicyclic) bond motifs is 3. The van der Waals surface area contributed by atoms with Gasteiger partial charge in [0.1, 0.15) is 6.23 Å². The number of aliphatic hydroxyl groups excluding tert-OH is 1. The number of rotatable bonds is 0. The predicted molar refractivity (Wildman–Crippen MR) is 69.4 cm³/mol. The quantitative estimate of drug-likeness (QED) is 0.752. The maximum absolute atomic E-state index is 9.96. The number of likely N-dealkylation sites (N-methyl/N-ethyl adjacent to an activating group) is 1. The molecule has 0 spiro atoms. The van der Waals surface area contributed by atoms with Crippen LogP contribution in [0.25, 0.3) is 10.9 Å². The maximum atomic E-state index is 9.96. The molecule has 1 aromatic carbocycles. The van der Waals surface area contributed by atoms with Crippen LogP contribution in [-0.4, -0.2) is 34.8 Å². The van der Waals surface area contributed by atoms with E-state index in [1.807, 2.05) is 30.1 Å². The number of nitrogens with one attached hydrogen (secondary N) is 1. The normalized spacial score (nSPS) is 21.5. The Morgan fingerprint density at radius 2 is 2.29 bits per heavy atom. The standard InChI is InChI=1S/C13H15ClN2O/c1-16-5-4-9-10-6-8(14)2-3-11(10)15-12(9)7-13(16)17/h2-3,6,13,15,17H,4-5,7H2,1H3. The number of benzene rings is 1. The van der Waals surface area contributed by atoms with E-state index in [-0.39, 0.29) is 0 Å². The first-order valence-electron chi connectivity index (χ1n) is 5.82. The highest BCUT2D eigenvalue weighted by Gasteiger charge is 2.22. The van der Waals surface area contributed by atoms with Crippen LogP contribution in [0.3, 0.4) is 0 Å². The van der Waals surface area contributed by atoms with Crippen LogP contribution in [-0.2, 0) is 12.8 Å². The maximum Gasteiger partial charge on any atom is 0.112 e. The van der Waals surface area contributed by atoms with E-state index in [1.165, 1.54) is 10.9 Å². The molecule has 4 heteroatoms. The van der Waals surface area contributed by atoms with Gasteiger partial charge in [-0.3, -0.25) is 4.90 Å². The Bertz CT molecular complexity index is 564. The predicted octanol–water partition coefficient (Wildman–Crippen LogP) is 2.17. The van der Waals surface area contributed by atoms with E-state index in [1.54, 1.807) is 0 Å². The molecule has 3 nitrogen and oxygen atoms in total. The third kappa shape index (κ3) is 1.84. The van der Waals surface area contributed by atoms with Crippen LogP contribution in [0, 0.1) is 0 Å². The second-order valence-electron chi connectivity index (χ2n) is 4.69. The number of aliphatic hydroxyl groups is 1. The van der Waals surface area contributed by atoms with Crippen LogP contribution >= 0.6 is 11.6 Å². The van der Waals surface area contributed by atoms with Crippen molar-refractivity contribution in [1.29, 1.82) is 0 Å². The topological polar surface area (TPSA) is 39.3 Å². The summed E-state index contributed by atoms with van der Waals surface area (Å²) in [5.41, 5.74) is 3.54. The third-order valence-electron chi connectivity index (χ3n) is 3.57. The van der Waals surface area contributed by atoms with Gasteiger partial charge in [-0.15, -0.1) is 0 Å². The summed E-state index contributed by atoms with van der Waals surface area (Å²) in [6, 6.07) is 5.90. The fraction of sp³-hybridized carbons (Fsp3) is 0.385. The fourth-order valence-corrected chi connectivity index (χ4v) is 2.68. The molecule has 0 radical (unpaired) electrons. The summed E-state index contributed by atoms with van der Waals surface area (Å²) in [5, 5.41) is 11.9. The largest absolute Gasteiger partial charge is 0.378 e. The lowest BCUT2D eigenvalue weighted by atomic mass is 10.1. The van der Waals surface area contributed by atoms with Gasteiger partial charge in [0.25, 0.3) is 0 Å². The molecule has 2 heterocycles. The zero-order valence-corrected chi connectivity index (χ0v) is 10.5. The van der Waals surface area contributed by atoms with Gasteiger partial charge in [-0.05, 0) is 37.2 Å². The summed E-state index contributed by atoms with van der Waals surface area (Å²) in [7, 11) is 1.95. The van der Waals surface area contributed by atoms with Crippen molar-refractivity contribution in [2.24, 2.45) is 0 Å². The van der Waals surface area contributed by atoms with Crippen LogP contribution in [0.15, 0.2) is 18.2 Å². The zero-order valence-electron chi connectivity index (χ0n) is 9.70. The Morgan fingerprint density at radius 3 is 3.12 bits per heavy atom. The van der Waals surface area contributed by atoms with Crippen LogP contribution in [0.2, 0.25) is 5.02 Å². The highest BCUT2D eigenvalue weighted by molar-refractivity contribution is 6.31. The molecule has 1 aromatic heterocycles. The molecule has 0 fully saturated rings. The second-order valence-corrected chi connectivity index (χ2v) is 5.12. The Hall–Kier alpha value is -1.03. The number of H-pyrrole nitrogens is 1. The summed E-state index contributed by atoms with van der Waals surface area (Å²) in [6.45, 7) is 0.869. The molecule has 3 rings (SSSR count). The van der Waals surface area contributed by atoms with Crippen molar-refractivity contribution < 1.29 is 5.11 Å². The molecule has 2 N–H and O–H groups in total. The molecule has 2 aromatic rings. The van der Waals surface area contributed by atoms with Gasteiger partial charge in [-0.1, -0.05) is 11.6 Å². The average molecular weight is 251 g/mol. The smallest absolute Gasteiger partial charge is 0.112 e. The lowest BCUT2D eigenvalue weighted by Gasteiger charge is -2.19. The number of hydrogen-bond acceptors (Lipinski definition) is 2. The first-order valence-corrected chi connectivity index (χ1v) is 6.20. The fourth-order valence-electron chi connectivity index (χ4n) is 2.51. The third-order valence-corrected chi connectivity index (χ3v) is 3.80. The Balaban J connectivity index is 2.15. The molecule has 0 saturated carbocycles. The van der Waals surface area contributed by atoms with Crippen LogP contribution in [0.5, 0.6) is 0 Å². The van der Waals surface area contributed by atoms with Crippen molar-refractivity contribution in [3.63, 3.8) is 0 Å². The van der Waals surface area contributed by atoms with Crippen molar-refractivity contribution in [1.82, 2.24) is 9.88 Å². The number of nitrogens with zero attached hydrogens (tertiary/aromatic N) is 1. The van der Waals surface area contributed by atoms with Crippen LogP contribution < -0.4 is 0 Å². The van der Waals surface area contributed by atoms with Gasteiger partial charge >= 0.3 is 0 Å². The molecule has 1 unspecified atom stereocenters. The van der Waals surface area contributed by atoms with Gasteiger partial charge in [0, 0.05) is 34.6 Å². The molecular weight excluding hydrogens is 236 g/mol. The molecule has 1 aliphatic heterocycles. The molecule has 0 aliphatic carbocycles. The van der Waals surface area contributed by atoms with Gasteiger partial charge in [0.15, 0.2) is 0 Å². The monoisotopic (exact) mass is 250 g/mol. The molecule has 1 aliphatic rings. The van der Waals surface area contributed by atoms with Crippen molar-refractivity contribution >= 4 is 22.5 Å². The number of aromatic nitrogens is 1. The number of halogens is 1. The minimum atomic E-state index is -0.403. The van der Waals surface area contributed by atoms with Gasteiger partial charge in [0.05, 0.1) is 0 Å². The summed E-state index contributed by atoms with van der Waals surface area (Å²) < 4.78 is 0. The Kier molecular flexibility index (Phi) is 2.62. The van der Waals surface area contributed by atoms with Crippen molar-refractivity contribution in [2.75, 3.05) is 13.6 Å². The first kappa shape index (κ1) is 11.1. The average Bonchev–Trinajstić information content (AvgIpc) is 2.55. The summed E-state index contributed by atoms with van der Waals surface area (Å²) in [4.78, 5) is 5.37. The summed E-state index contributed by atoms with van der Waals surface area (Å²) in [5.74, 6) is 0. The van der Waals surface area contributed by atoms with E-state index >= 15 is 0 Å². The highest BCUT2D eigenvalue weighted by atomic mass is 35.5. The van der Waals surface area contributed by atoms with Gasteiger partial charge in [-0.25, -0.2) is 0 Å². The Labute approximate surface area is 105 Å². The van der Waals surface area contributed by atoms with E-state index in [0.29, 0.717) is 6.42 Å². The van der Waals surface area contributed by atoms with Crippen LogP contribution in [0.4, 0.5) is 0 Å². The zero-order chi connectivity index (χ0) is 12.0. The minimum Gasteiger partial charge on any atom is -0.378 e. The van der Waals surface area contributed by atoms with E-state index in [9.17, 15) is 5.11 Å². The second kappa shape index (κ2) is 4.02. The van der Waals surface area contributed by atoms with Gasteiger partial charge < -0.3 is 10.1 Å². The lowest BCUT2D eigenvalue weighted by Crippen LogP contribution is -2.32. The summed E-state index contributed by atoms with van der Waals surface area (Å²) >= 11 is 6.04. The SMILES string of the molecule is CN1CCc2c([nH]c3ccc(Cl)cc23)CC1O. The van der Waals surface area contributed by atoms with E-state index in [4.69, 9.17) is 11.6 Å². The number of aromatic amines is 1. The minimum absolute atomic E-state index is 0.403. The van der Waals surface area contributed by atoms with E-state index in [2.05, 4.69) is 4.98 Å². The van der Waals surface area contributed by atoms with Gasteiger partial charge in [0.2, 0.25) is 0 Å². The van der Waals surface area contributed by atoms with Crippen LogP contribution in [0.1, 0.15) is 11.3 Å².